The number of carbonyl (C=O) groups is 1. The Balaban J connectivity index is 1.80. The van der Waals surface area contributed by atoms with Crippen LogP contribution < -0.4 is 5.32 Å². The van der Waals surface area contributed by atoms with Crippen molar-refractivity contribution in [3.63, 3.8) is 0 Å². The standard InChI is InChI=1S/C16H15N5O/c1-10-5-6-13-11(10)8-12(15-20-18-9-21(13)15)16(22)19-14-4-2-3-7-17-14/h2-4,7-10H,5-6H2,1H3,(H,17,19,22)/t10-/m1/s1. The molecule has 0 bridgehead atoms. The van der Waals surface area contributed by atoms with E-state index in [1.807, 2.05) is 22.6 Å². The van der Waals surface area contributed by atoms with Crippen molar-refractivity contribution in [1.29, 1.82) is 0 Å². The lowest BCUT2D eigenvalue weighted by Gasteiger charge is -2.11. The van der Waals surface area contributed by atoms with Crippen molar-refractivity contribution in [3.8, 4) is 0 Å². The molecule has 0 fully saturated rings. The van der Waals surface area contributed by atoms with E-state index in [4.69, 9.17) is 0 Å². The van der Waals surface area contributed by atoms with Gasteiger partial charge in [0, 0.05) is 11.9 Å². The Labute approximate surface area is 127 Å². The van der Waals surface area contributed by atoms with Crippen LogP contribution in [0.1, 0.15) is 40.9 Å². The van der Waals surface area contributed by atoms with Gasteiger partial charge in [0.15, 0.2) is 5.65 Å². The second kappa shape index (κ2) is 4.91. The minimum Gasteiger partial charge on any atom is -0.306 e. The lowest BCUT2D eigenvalue weighted by molar-refractivity contribution is 0.102. The molecule has 0 spiro atoms. The summed E-state index contributed by atoms with van der Waals surface area (Å²) < 4.78 is 1.94. The Morgan fingerprint density at radius 1 is 1.41 bits per heavy atom. The normalized spacial score (nSPS) is 16.7. The van der Waals surface area contributed by atoms with Crippen molar-refractivity contribution in [2.75, 3.05) is 5.32 Å². The summed E-state index contributed by atoms with van der Waals surface area (Å²) >= 11 is 0. The summed E-state index contributed by atoms with van der Waals surface area (Å²) in [6, 6.07) is 7.35. The molecule has 0 saturated carbocycles. The molecule has 1 atom stereocenters. The van der Waals surface area contributed by atoms with Crippen molar-refractivity contribution < 1.29 is 4.79 Å². The van der Waals surface area contributed by atoms with E-state index >= 15 is 0 Å². The molecule has 0 unspecified atom stereocenters. The molecular weight excluding hydrogens is 278 g/mol. The predicted octanol–water partition coefficient (Wildman–Crippen LogP) is 2.43. The van der Waals surface area contributed by atoms with Gasteiger partial charge in [0.25, 0.3) is 5.91 Å². The van der Waals surface area contributed by atoms with Gasteiger partial charge in [-0.15, -0.1) is 10.2 Å². The van der Waals surface area contributed by atoms with Crippen molar-refractivity contribution >= 4 is 17.4 Å². The van der Waals surface area contributed by atoms with Gasteiger partial charge < -0.3 is 5.32 Å². The number of amides is 1. The monoisotopic (exact) mass is 293 g/mol. The SMILES string of the molecule is C[C@@H]1CCc2c1cc(C(=O)Nc1ccccn1)c1nncn21. The van der Waals surface area contributed by atoms with Gasteiger partial charge >= 0.3 is 0 Å². The van der Waals surface area contributed by atoms with Gasteiger partial charge in [-0.1, -0.05) is 13.0 Å². The van der Waals surface area contributed by atoms with Crippen LogP contribution >= 0.6 is 0 Å². The second-order valence-electron chi connectivity index (χ2n) is 5.59. The molecule has 6 nitrogen and oxygen atoms in total. The number of carbonyl (C=O) groups excluding carboxylic acids is 1. The summed E-state index contributed by atoms with van der Waals surface area (Å²) in [5.74, 6) is 0.764. The fraction of sp³-hybridized carbons (Fsp3) is 0.250. The highest BCUT2D eigenvalue weighted by atomic mass is 16.1. The van der Waals surface area contributed by atoms with Crippen LogP contribution in [0.3, 0.4) is 0 Å². The molecule has 1 aliphatic rings. The number of aryl methyl sites for hydroxylation is 1. The van der Waals surface area contributed by atoms with Gasteiger partial charge in [0.2, 0.25) is 0 Å². The molecule has 3 aromatic rings. The highest BCUT2D eigenvalue weighted by Crippen LogP contribution is 2.34. The van der Waals surface area contributed by atoms with E-state index < -0.39 is 0 Å². The van der Waals surface area contributed by atoms with E-state index in [-0.39, 0.29) is 5.91 Å². The van der Waals surface area contributed by atoms with Gasteiger partial charge in [-0.2, -0.15) is 0 Å². The number of hydrogen-bond donors (Lipinski definition) is 1. The van der Waals surface area contributed by atoms with E-state index in [0.29, 0.717) is 22.9 Å². The smallest absolute Gasteiger partial charge is 0.260 e. The minimum atomic E-state index is -0.210. The van der Waals surface area contributed by atoms with Gasteiger partial charge in [0.05, 0.1) is 5.56 Å². The number of nitrogens with one attached hydrogen (secondary N) is 1. The summed E-state index contributed by atoms with van der Waals surface area (Å²) in [7, 11) is 0. The molecule has 0 aliphatic heterocycles. The van der Waals surface area contributed by atoms with Gasteiger partial charge in [-0.3, -0.25) is 9.20 Å². The molecule has 22 heavy (non-hydrogen) atoms. The Bertz CT molecular complexity index is 856. The molecule has 6 heteroatoms. The van der Waals surface area contributed by atoms with Crippen LogP contribution in [0, 0.1) is 0 Å². The van der Waals surface area contributed by atoms with Crippen LogP contribution in [0.4, 0.5) is 5.82 Å². The van der Waals surface area contributed by atoms with Crippen molar-refractivity contribution in [3.05, 3.63) is 53.6 Å². The molecule has 4 rings (SSSR count). The number of pyridine rings is 2. The first-order chi connectivity index (χ1) is 10.7. The third-order valence-corrected chi connectivity index (χ3v) is 4.21. The average molecular weight is 293 g/mol. The number of fused-ring (bicyclic) bond motifs is 3. The predicted molar refractivity (Wildman–Crippen MR) is 81.9 cm³/mol. The summed E-state index contributed by atoms with van der Waals surface area (Å²) in [6.07, 6.45) is 5.41. The Kier molecular flexibility index (Phi) is 2.89. The van der Waals surface area contributed by atoms with Crippen LogP contribution in [0.2, 0.25) is 0 Å². The maximum absolute atomic E-state index is 12.6. The van der Waals surface area contributed by atoms with Crippen LogP contribution in [0.25, 0.3) is 5.65 Å². The lowest BCUT2D eigenvalue weighted by Crippen LogP contribution is -2.15. The fourth-order valence-corrected chi connectivity index (χ4v) is 3.05. The summed E-state index contributed by atoms with van der Waals surface area (Å²) in [5.41, 5.74) is 3.55. The third-order valence-electron chi connectivity index (χ3n) is 4.21. The zero-order valence-electron chi connectivity index (χ0n) is 12.2. The van der Waals surface area contributed by atoms with Crippen molar-refractivity contribution in [2.24, 2.45) is 0 Å². The molecule has 110 valence electrons. The van der Waals surface area contributed by atoms with E-state index in [2.05, 4.69) is 27.4 Å². The third kappa shape index (κ3) is 1.95. The maximum atomic E-state index is 12.6. The quantitative estimate of drug-likeness (QED) is 0.787. The molecule has 3 aromatic heterocycles. The van der Waals surface area contributed by atoms with Crippen LogP contribution in [0.15, 0.2) is 36.8 Å². The molecule has 3 heterocycles. The molecule has 0 aromatic carbocycles. The molecule has 1 amide bonds. The van der Waals surface area contributed by atoms with Crippen molar-refractivity contribution in [1.82, 2.24) is 19.6 Å². The van der Waals surface area contributed by atoms with E-state index in [1.165, 1.54) is 11.3 Å². The second-order valence-corrected chi connectivity index (χ2v) is 5.59. The molecule has 0 radical (unpaired) electrons. The minimum absolute atomic E-state index is 0.210. The number of rotatable bonds is 2. The zero-order chi connectivity index (χ0) is 15.1. The van der Waals surface area contributed by atoms with Gasteiger partial charge in [-0.05, 0) is 42.5 Å². The molecular formula is C16H15N5O. The Morgan fingerprint density at radius 2 is 2.32 bits per heavy atom. The topological polar surface area (TPSA) is 72.2 Å². The van der Waals surface area contributed by atoms with E-state index in [1.54, 1.807) is 18.6 Å². The number of anilines is 1. The average Bonchev–Trinajstić information content (AvgIpc) is 3.14. The highest BCUT2D eigenvalue weighted by Gasteiger charge is 2.25. The van der Waals surface area contributed by atoms with E-state index in [0.717, 1.165) is 12.8 Å². The zero-order valence-corrected chi connectivity index (χ0v) is 12.2. The van der Waals surface area contributed by atoms with Gasteiger partial charge in [-0.25, -0.2) is 4.98 Å². The maximum Gasteiger partial charge on any atom is 0.260 e. The first-order valence-corrected chi connectivity index (χ1v) is 7.32. The first kappa shape index (κ1) is 12.9. The largest absolute Gasteiger partial charge is 0.306 e. The van der Waals surface area contributed by atoms with Crippen molar-refractivity contribution in [2.45, 2.75) is 25.7 Å². The van der Waals surface area contributed by atoms with Crippen LogP contribution in [0.5, 0.6) is 0 Å². The number of nitrogens with zero attached hydrogens (tertiary/aromatic N) is 4. The van der Waals surface area contributed by atoms with Gasteiger partial charge in [0.1, 0.15) is 12.1 Å². The molecule has 1 aliphatic carbocycles. The number of aromatic nitrogens is 4. The highest BCUT2D eigenvalue weighted by molar-refractivity contribution is 6.08. The van der Waals surface area contributed by atoms with E-state index in [9.17, 15) is 4.79 Å². The summed E-state index contributed by atoms with van der Waals surface area (Å²) in [5, 5.41) is 10.9. The van der Waals surface area contributed by atoms with Crippen LogP contribution in [-0.2, 0) is 6.42 Å². The first-order valence-electron chi connectivity index (χ1n) is 7.32. The van der Waals surface area contributed by atoms with Crippen LogP contribution in [-0.4, -0.2) is 25.5 Å². The lowest BCUT2D eigenvalue weighted by atomic mass is 10.0. The Hall–Kier alpha value is -2.76. The summed E-state index contributed by atoms with van der Waals surface area (Å²) in [6.45, 7) is 2.18. The molecule has 1 N–H and O–H groups in total. The Morgan fingerprint density at radius 3 is 3.14 bits per heavy atom. The molecule has 0 saturated heterocycles. The fourth-order valence-electron chi connectivity index (χ4n) is 3.05. The number of hydrogen-bond acceptors (Lipinski definition) is 4. The summed E-state index contributed by atoms with van der Waals surface area (Å²) in [4.78, 5) is 16.7.